The number of nitrogens with zero attached hydrogens (tertiary/aromatic N) is 2. The highest BCUT2D eigenvalue weighted by atomic mass is 32.2. The monoisotopic (exact) mass is 276 g/mol. The molecular formula is C11H20N2O4S. The number of rotatable bonds is 2. The second-order valence-corrected chi connectivity index (χ2v) is 7.33. The van der Waals surface area contributed by atoms with Crippen LogP contribution in [-0.2, 0) is 14.9 Å². The lowest BCUT2D eigenvalue weighted by Crippen LogP contribution is -2.48. The van der Waals surface area contributed by atoms with Crippen LogP contribution in [0, 0.1) is 11.8 Å². The second kappa shape index (κ2) is 4.72. The fourth-order valence-electron chi connectivity index (χ4n) is 3.32. The molecule has 3 atom stereocenters. The van der Waals surface area contributed by atoms with Crippen molar-refractivity contribution in [3.8, 4) is 0 Å². The van der Waals surface area contributed by atoms with Crippen LogP contribution in [0.4, 0.5) is 0 Å². The average Bonchev–Trinajstić information content (AvgIpc) is 2.94. The van der Waals surface area contributed by atoms with Crippen molar-refractivity contribution >= 4 is 10.2 Å². The predicted molar refractivity (Wildman–Crippen MR) is 65.1 cm³/mol. The first-order valence-corrected chi connectivity index (χ1v) is 8.00. The third-order valence-corrected chi connectivity index (χ3v) is 6.38. The highest BCUT2D eigenvalue weighted by Gasteiger charge is 2.46. The van der Waals surface area contributed by atoms with Gasteiger partial charge >= 0.3 is 0 Å². The fourth-order valence-corrected chi connectivity index (χ4v) is 5.00. The lowest BCUT2D eigenvalue weighted by atomic mass is 10.00. The van der Waals surface area contributed by atoms with Crippen LogP contribution in [0.2, 0.25) is 0 Å². The van der Waals surface area contributed by atoms with Gasteiger partial charge in [-0.2, -0.15) is 17.0 Å². The van der Waals surface area contributed by atoms with Gasteiger partial charge in [-0.15, -0.1) is 0 Å². The molecule has 18 heavy (non-hydrogen) atoms. The summed E-state index contributed by atoms with van der Waals surface area (Å²) in [5.41, 5.74) is 0. The Morgan fingerprint density at radius 1 is 1.06 bits per heavy atom. The number of hydrogen-bond donors (Lipinski definition) is 1. The third-order valence-electron chi connectivity index (χ3n) is 4.41. The molecule has 0 aromatic rings. The Hall–Kier alpha value is -0.210. The summed E-state index contributed by atoms with van der Waals surface area (Å²) in [5.74, 6) is 0.483. The molecule has 2 saturated heterocycles. The predicted octanol–water partition coefficient (Wildman–Crippen LogP) is -0.734. The van der Waals surface area contributed by atoms with E-state index < -0.39 is 10.2 Å². The molecule has 7 heteroatoms. The van der Waals surface area contributed by atoms with Crippen molar-refractivity contribution in [1.82, 2.24) is 8.61 Å². The summed E-state index contributed by atoms with van der Waals surface area (Å²) in [6.07, 6.45) is 1.45. The van der Waals surface area contributed by atoms with Gasteiger partial charge < -0.3 is 9.84 Å². The van der Waals surface area contributed by atoms with Crippen LogP contribution >= 0.6 is 0 Å². The molecule has 2 aliphatic heterocycles. The Balaban J connectivity index is 1.71. The number of aliphatic hydroxyl groups is 1. The summed E-state index contributed by atoms with van der Waals surface area (Å²) < 4.78 is 33.1. The molecule has 104 valence electrons. The molecule has 3 unspecified atom stereocenters. The SMILES string of the molecule is O=S(=O)(N1CCOCC1)N1CC2CCC(O)C2C1. The molecule has 0 spiro atoms. The number of fused-ring (bicyclic) bond motifs is 1. The molecule has 6 nitrogen and oxygen atoms in total. The fraction of sp³-hybridized carbons (Fsp3) is 1.00. The van der Waals surface area contributed by atoms with Gasteiger partial charge in [-0.05, 0) is 18.8 Å². The maximum atomic E-state index is 12.4. The van der Waals surface area contributed by atoms with Gasteiger partial charge in [0.25, 0.3) is 10.2 Å². The minimum absolute atomic E-state index is 0.140. The Morgan fingerprint density at radius 3 is 2.44 bits per heavy atom. The van der Waals surface area contributed by atoms with Crippen LogP contribution in [0.15, 0.2) is 0 Å². The first-order chi connectivity index (χ1) is 8.59. The van der Waals surface area contributed by atoms with Gasteiger partial charge in [-0.25, -0.2) is 0 Å². The van der Waals surface area contributed by atoms with Crippen molar-refractivity contribution in [1.29, 1.82) is 0 Å². The van der Waals surface area contributed by atoms with E-state index in [1.807, 2.05) is 0 Å². The Bertz CT molecular complexity index is 407. The van der Waals surface area contributed by atoms with E-state index in [2.05, 4.69) is 0 Å². The van der Waals surface area contributed by atoms with Gasteiger partial charge in [0.1, 0.15) is 0 Å². The molecule has 0 radical (unpaired) electrons. The van der Waals surface area contributed by atoms with Crippen molar-refractivity contribution in [2.45, 2.75) is 18.9 Å². The molecule has 3 rings (SSSR count). The van der Waals surface area contributed by atoms with E-state index in [1.54, 1.807) is 4.31 Å². The van der Waals surface area contributed by atoms with Crippen LogP contribution < -0.4 is 0 Å². The standard InChI is InChI=1S/C11H20N2O4S/c14-11-2-1-9-7-13(8-10(9)11)18(15,16)12-3-5-17-6-4-12/h9-11,14H,1-8H2. The molecule has 1 N–H and O–H groups in total. The quantitative estimate of drug-likeness (QED) is 0.721. The molecule has 0 bridgehead atoms. The van der Waals surface area contributed by atoms with Crippen LogP contribution in [0.1, 0.15) is 12.8 Å². The first-order valence-electron chi connectivity index (χ1n) is 6.60. The topological polar surface area (TPSA) is 70.1 Å². The molecule has 0 aromatic carbocycles. The minimum atomic E-state index is -3.35. The lowest BCUT2D eigenvalue weighted by Gasteiger charge is -2.30. The zero-order valence-electron chi connectivity index (χ0n) is 10.4. The summed E-state index contributed by atoms with van der Waals surface area (Å²) in [6.45, 7) is 2.88. The number of aliphatic hydroxyl groups excluding tert-OH is 1. The van der Waals surface area contributed by atoms with Gasteiger partial charge in [0.2, 0.25) is 0 Å². The smallest absolute Gasteiger partial charge is 0.282 e. The third kappa shape index (κ3) is 2.08. The molecule has 3 fully saturated rings. The van der Waals surface area contributed by atoms with Crippen LogP contribution in [-0.4, -0.2) is 67.6 Å². The van der Waals surface area contributed by atoms with Crippen molar-refractivity contribution < 1.29 is 18.3 Å². The molecule has 1 aliphatic carbocycles. The first kappa shape index (κ1) is 12.8. The maximum absolute atomic E-state index is 12.4. The van der Waals surface area contributed by atoms with Crippen molar-refractivity contribution in [3.63, 3.8) is 0 Å². The largest absolute Gasteiger partial charge is 0.393 e. The van der Waals surface area contributed by atoms with E-state index in [4.69, 9.17) is 4.74 Å². The van der Waals surface area contributed by atoms with Gasteiger partial charge in [-0.1, -0.05) is 0 Å². The van der Waals surface area contributed by atoms with Crippen molar-refractivity contribution in [3.05, 3.63) is 0 Å². The zero-order chi connectivity index (χ0) is 12.8. The van der Waals surface area contributed by atoms with Crippen molar-refractivity contribution in [2.24, 2.45) is 11.8 Å². The minimum Gasteiger partial charge on any atom is -0.393 e. The highest BCUT2D eigenvalue weighted by Crippen LogP contribution is 2.39. The van der Waals surface area contributed by atoms with E-state index in [0.29, 0.717) is 45.3 Å². The lowest BCUT2D eigenvalue weighted by molar-refractivity contribution is 0.0701. The number of hydrogen-bond acceptors (Lipinski definition) is 4. The van der Waals surface area contributed by atoms with Gasteiger partial charge in [0.15, 0.2) is 0 Å². The summed E-state index contributed by atoms with van der Waals surface area (Å²) >= 11 is 0. The normalized spacial score (nSPS) is 39.1. The van der Waals surface area contributed by atoms with E-state index in [9.17, 15) is 13.5 Å². The Labute approximate surface area is 108 Å². The summed E-state index contributed by atoms with van der Waals surface area (Å²) in [7, 11) is -3.35. The van der Waals surface area contributed by atoms with E-state index >= 15 is 0 Å². The second-order valence-electron chi connectivity index (χ2n) is 5.40. The summed E-state index contributed by atoms with van der Waals surface area (Å²) in [5, 5.41) is 9.84. The van der Waals surface area contributed by atoms with Gasteiger partial charge in [0.05, 0.1) is 19.3 Å². The maximum Gasteiger partial charge on any atom is 0.282 e. The summed E-state index contributed by atoms with van der Waals surface area (Å²) in [6, 6.07) is 0. The summed E-state index contributed by atoms with van der Waals surface area (Å²) in [4.78, 5) is 0. The number of morpholine rings is 1. The zero-order valence-corrected chi connectivity index (χ0v) is 11.2. The molecule has 2 heterocycles. The molecule has 3 aliphatic rings. The molecular weight excluding hydrogens is 256 g/mol. The van der Waals surface area contributed by atoms with E-state index in [-0.39, 0.29) is 12.0 Å². The Kier molecular flexibility index (Phi) is 3.36. The average molecular weight is 276 g/mol. The van der Waals surface area contributed by atoms with Crippen LogP contribution in [0.25, 0.3) is 0 Å². The number of ether oxygens (including phenoxy) is 1. The molecule has 1 saturated carbocycles. The van der Waals surface area contributed by atoms with Crippen molar-refractivity contribution in [2.75, 3.05) is 39.4 Å². The van der Waals surface area contributed by atoms with Gasteiger partial charge in [-0.3, -0.25) is 0 Å². The van der Waals surface area contributed by atoms with Crippen LogP contribution in [0.5, 0.6) is 0 Å². The highest BCUT2D eigenvalue weighted by molar-refractivity contribution is 7.86. The van der Waals surface area contributed by atoms with E-state index in [0.717, 1.165) is 12.8 Å². The molecule has 0 amide bonds. The Morgan fingerprint density at radius 2 is 1.78 bits per heavy atom. The van der Waals surface area contributed by atoms with E-state index in [1.165, 1.54) is 4.31 Å². The van der Waals surface area contributed by atoms with Gasteiger partial charge in [0, 0.05) is 32.1 Å². The van der Waals surface area contributed by atoms with Crippen LogP contribution in [0.3, 0.4) is 0 Å². The molecule has 0 aromatic heterocycles.